The van der Waals surface area contributed by atoms with Crippen LogP contribution in [0.25, 0.3) is 0 Å². The number of ether oxygens (including phenoxy) is 1. The normalized spacial score (nSPS) is 11.2. The average Bonchev–Trinajstić information content (AvgIpc) is 2.70. The summed E-state index contributed by atoms with van der Waals surface area (Å²) in [6, 6.07) is 23.5. The van der Waals surface area contributed by atoms with Crippen molar-refractivity contribution >= 4 is 27.5 Å². The standard InChI is InChI=1S/C21H21NO3S2/c1-3-22(27(23,24)21-15-13-20(26-2)14-16-21)17-9-11-19(12-10-17)25-18-7-5-4-6-8-18/h4-16H,3H2,1-2H3. The lowest BCUT2D eigenvalue weighted by Gasteiger charge is -2.23. The first kappa shape index (κ1) is 19.3. The van der Waals surface area contributed by atoms with Gasteiger partial charge in [-0.1, -0.05) is 18.2 Å². The number of nitrogens with zero attached hydrogens (tertiary/aromatic N) is 1. The molecule has 0 atom stereocenters. The van der Waals surface area contributed by atoms with Gasteiger partial charge in [-0.2, -0.15) is 0 Å². The van der Waals surface area contributed by atoms with E-state index in [1.165, 1.54) is 4.31 Å². The molecule has 4 nitrogen and oxygen atoms in total. The van der Waals surface area contributed by atoms with Gasteiger partial charge >= 0.3 is 0 Å². The van der Waals surface area contributed by atoms with Gasteiger partial charge in [-0.15, -0.1) is 11.8 Å². The minimum atomic E-state index is -3.62. The molecule has 0 aromatic heterocycles. The van der Waals surface area contributed by atoms with E-state index in [0.29, 0.717) is 18.0 Å². The molecule has 0 saturated carbocycles. The van der Waals surface area contributed by atoms with E-state index in [1.807, 2.05) is 55.6 Å². The molecule has 0 unspecified atom stereocenters. The fourth-order valence-electron chi connectivity index (χ4n) is 2.67. The highest BCUT2D eigenvalue weighted by Gasteiger charge is 2.23. The molecule has 0 fully saturated rings. The van der Waals surface area contributed by atoms with Crippen molar-refractivity contribution in [3.63, 3.8) is 0 Å². The van der Waals surface area contributed by atoms with Crippen LogP contribution >= 0.6 is 11.8 Å². The first-order valence-corrected chi connectivity index (χ1v) is 11.2. The van der Waals surface area contributed by atoms with Crippen LogP contribution < -0.4 is 9.04 Å². The van der Waals surface area contributed by atoms with Gasteiger partial charge in [-0.25, -0.2) is 8.42 Å². The van der Waals surface area contributed by atoms with Crippen molar-refractivity contribution in [3.8, 4) is 11.5 Å². The highest BCUT2D eigenvalue weighted by Crippen LogP contribution is 2.28. The maximum atomic E-state index is 13.0. The number of thioether (sulfide) groups is 1. The number of sulfonamides is 1. The molecule has 3 rings (SSSR count). The van der Waals surface area contributed by atoms with Gasteiger partial charge in [0.25, 0.3) is 10.0 Å². The fraction of sp³-hybridized carbons (Fsp3) is 0.143. The monoisotopic (exact) mass is 399 g/mol. The summed E-state index contributed by atoms with van der Waals surface area (Å²) in [4.78, 5) is 1.31. The van der Waals surface area contributed by atoms with Gasteiger partial charge in [0.15, 0.2) is 0 Å². The Morgan fingerprint density at radius 2 is 1.44 bits per heavy atom. The predicted octanol–water partition coefficient (Wildman–Crippen LogP) is 5.42. The van der Waals surface area contributed by atoms with E-state index in [-0.39, 0.29) is 4.90 Å². The van der Waals surface area contributed by atoms with Crippen LogP contribution in [-0.2, 0) is 10.0 Å². The fourth-order valence-corrected chi connectivity index (χ4v) is 4.55. The Labute approximate surface area is 164 Å². The summed E-state index contributed by atoms with van der Waals surface area (Å²) in [6.45, 7) is 2.16. The zero-order valence-corrected chi connectivity index (χ0v) is 16.8. The lowest BCUT2D eigenvalue weighted by atomic mass is 10.3. The largest absolute Gasteiger partial charge is 0.457 e. The molecule has 140 valence electrons. The highest BCUT2D eigenvalue weighted by atomic mass is 32.2. The second-order valence-electron chi connectivity index (χ2n) is 5.75. The van der Waals surface area contributed by atoms with Crippen LogP contribution in [-0.4, -0.2) is 21.2 Å². The van der Waals surface area contributed by atoms with Crippen molar-refractivity contribution in [1.29, 1.82) is 0 Å². The van der Waals surface area contributed by atoms with Gasteiger partial charge in [0.1, 0.15) is 11.5 Å². The molecule has 6 heteroatoms. The third-order valence-corrected chi connectivity index (χ3v) is 6.70. The predicted molar refractivity (Wildman–Crippen MR) is 111 cm³/mol. The number of hydrogen-bond acceptors (Lipinski definition) is 4. The highest BCUT2D eigenvalue weighted by molar-refractivity contribution is 7.98. The van der Waals surface area contributed by atoms with E-state index in [1.54, 1.807) is 48.2 Å². The van der Waals surface area contributed by atoms with Gasteiger partial charge in [-0.3, -0.25) is 4.31 Å². The van der Waals surface area contributed by atoms with Crippen LogP contribution in [0, 0.1) is 0 Å². The third kappa shape index (κ3) is 4.46. The molecule has 0 N–H and O–H groups in total. The summed E-state index contributed by atoms with van der Waals surface area (Å²) in [5.74, 6) is 1.39. The van der Waals surface area contributed by atoms with E-state index in [4.69, 9.17) is 4.74 Å². The molecule has 3 aromatic carbocycles. The van der Waals surface area contributed by atoms with E-state index in [2.05, 4.69) is 0 Å². The van der Waals surface area contributed by atoms with Crippen LogP contribution in [0.15, 0.2) is 88.7 Å². The zero-order chi connectivity index (χ0) is 19.3. The van der Waals surface area contributed by atoms with Gasteiger partial charge < -0.3 is 4.74 Å². The summed E-state index contributed by atoms with van der Waals surface area (Å²) in [5.41, 5.74) is 0.604. The Balaban J connectivity index is 1.83. The molecule has 27 heavy (non-hydrogen) atoms. The zero-order valence-electron chi connectivity index (χ0n) is 15.2. The maximum Gasteiger partial charge on any atom is 0.264 e. The number of para-hydroxylation sites is 1. The molecule has 0 spiro atoms. The van der Waals surface area contributed by atoms with Crippen molar-refractivity contribution in [3.05, 3.63) is 78.9 Å². The van der Waals surface area contributed by atoms with Crippen molar-refractivity contribution < 1.29 is 13.2 Å². The summed E-state index contributed by atoms with van der Waals surface area (Å²) < 4.78 is 33.2. The molecule has 0 aliphatic rings. The van der Waals surface area contributed by atoms with E-state index < -0.39 is 10.0 Å². The van der Waals surface area contributed by atoms with Gasteiger partial charge in [-0.05, 0) is 73.8 Å². The Morgan fingerprint density at radius 3 is 2.00 bits per heavy atom. The van der Waals surface area contributed by atoms with Gasteiger partial charge in [0, 0.05) is 11.4 Å². The molecule has 0 heterocycles. The van der Waals surface area contributed by atoms with Crippen LogP contribution in [0.3, 0.4) is 0 Å². The molecular formula is C21H21NO3S2. The van der Waals surface area contributed by atoms with Crippen molar-refractivity contribution in [1.82, 2.24) is 0 Å². The Morgan fingerprint density at radius 1 is 0.852 bits per heavy atom. The second kappa shape index (κ2) is 8.50. The van der Waals surface area contributed by atoms with Crippen LogP contribution in [0.2, 0.25) is 0 Å². The van der Waals surface area contributed by atoms with Crippen molar-refractivity contribution in [2.75, 3.05) is 17.1 Å². The van der Waals surface area contributed by atoms with E-state index in [0.717, 1.165) is 10.6 Å². The molecule has 0 amide bonds. The summed E-state index contributed by atoms with van der Waals surface area (Å²) in [6.07, 6.45) is 1.96. The molecule has 0 saturated heterocycles. The van der Waals surface area contributed by atoms with Gasteiger partial charge in [0.2, 0.25) is 0 Å². The number of anilines is 1. The molecule has 0 radical (unpaired) electrons. The average molecular weight is 400 g/mol. The van der Waals surface area contributed by atoms with Crippen LogP contribution in [0.5, 0.6) is 11.5 Å². The molecule has 0 aliphatic heterocycles. The van der Waals surface area contributed by atoms with Crippen molar-refractivity contribution in [2.24, 2.45) is 0 Å². The van der Waals surface area contributed by atoms with Crippen LogP contribution in [0.1, 0.15) is 6.92 Å². The van der Waals surface area contributed by atoms with Crippen molar-refractivity contribution in [2.45, 2.75) is 16.7 Å². The Kier molecular flexibility index (Phi) is 6.08. The Hall–Kier alpha value is -2.44. The van der Waals surface area contributed by atoms with Crippen LogP contribution in [0.4, 0.5) is 5.69 Å². The smallest absolute Gasteiger partial charge is 0.264 e. The minimum absolute atomic E-state index is 0.284. The molecule has 3 aromatic rings. The molecule has 0 bridgehead atoms. The topological polar surface area (TPSA) is 46.6 Å². The summed E-state index contributed by atoms with van der Waals surface area (Å²) in [5, 5.41) is 0. The minimum Gasteiger partial charge on any atom is -0.457 e. The summed E-state index contributed by atoms with van der Waals surface area (Å²) >= 11 is 1.58. The quantitative estimate of drug-likeness (QED) is 0.498. The Bertz CT molecular complexity index is 970. The second-order valence-corrected chi connectivity index (χ2v) is 8.50. The SMILES string of the molecule is CCN(c1ccc(Oc2ccccc2)cc1)S(=O)(=O)c1ccc(SC)cc1. The first-order valence-electron chi connectivity index (χ1n) is 8.54. The maximum absolute atomic E-state index is 13.0. The van der Waals surface area contributed by atoms with E-state index in [9.17, 15) is 8.42 Å². The number of benzene rings is 3. The lowest BCUT2D eigenvalue weighted by Crippen LogP contribution is -2.30. The number of rotatable bonds is 7. The number of hydrogen-bond donors (Lipinski definition) is 0. The first-order chi connectivity index (χ1) is 13.0. The van der Waals surface area contributed by atoms with E-state index >= 15 is 0 Å². The third-order valence-electron chi connectivity index (χ3n) is 4.04. The lowest BCUT2D eigenvalue weighted by molar-refractivity contribution is 0.482. The molecular weight excluding hydrogens is 378 g/mol. The summed E-state index contributed by atoms with van der Waals surface area (Å²) in [7, 11) is -3.62. The molecule has 0 aliphatic carbocycles. The van der Waals surface area contributed by atoms with Gasteiger partial charge in [0.05, 0.1) is 10.6 Å².